The van der Waals surface area contributed by atoms with Crippen LogP contribution in [0.1, 0.15) is 59.3 Å². The predicted molar refractivity (Wildman–Crippen MR) is 134 cm³/mol. The standard InChI is InChI=1S/C14H9N2O2.3C4H9.Sn/c17-10-7-5-9(6-8-10)13-15-12-4-2-1-3-11(12)14(18)16-13;3*1-3-4-2;/h2-8,17H,(H,15,16,18);3*1,3-4H2,2H3;. The van der Waals surface area contributed by atoms with Crippen molar-refractivity contribution in [3.05, 3.63) is 52.8 Å². The first-order valence-corrected chi connectivity index (χ1v) is 19.3. The third-order valence-corrected chi connectivity index (χ3v) is 22.1. The summed E-state index contributed by atoms with van der Waals surface area (Å²) in [6.07, 6.45) is 7.62. The van der Waals surface area contributed by atoms with E-state index < -0.39 is 18.4 Å². The Morgan fingerprint density at radius 2 is 1.45 bits per heavy atom. The minimum absolute atomic E-state index is 0.0726. The number of fused-ring (bicyclic) bond motifs is 1. The van der Waals surface area contributed by atoms with Crippen LogP contribution in [0.25, 0.3) is 22.3 Å². The number of phenolic OH excluding ortho intramolecular Hbond substituents is 1. The van der Waals surface area contributed by atoms with Gasteiger partial charge >= 0.3 is 190 Å². The topological polar surface area (TPSA) is 66.0 Å². The Morgan fingerprint density at radius 3 is 2.00 bits per heavy atom. The third kappa shape index (κ3) is 5.71. The molecule has 31 heavy (non-hydrogen) atoms. The van der Waals surface area contributed by atoms with Crippen LogP contribution < -0.4 is 9.14 Å². The molecule has 1 heterocycles. The molecule has 0 unspecified atom stereocenters. The van der Waals surface area contributed by atoms with Gasteiger partial charge in [0, 0.05) is 0 Å². The van der Waals surface area contributed by atoms with Crippen LogP contribution in [0.2, 0.25) is 13.3 Å². The van der Waals surface area contributed by atoms with Gasteiger partial charge in [0.2, 0.25) is 0 Å². The van der Waals surface area contributed by atoms with Crippen LogP contribution in [0.15, 0.2) is 47.3 Å². The first-order valence-electron chi connectivity index (χ1n) is 11.9. The second kappa shape index (κ2) is 11.2. The van der Waals surface area contributed by atoms with E-state index in [2.05, 4.69) is 44.0 Å². The maximum atomic E-state index is 13.0. The Morgan fingerprint density at radius 1 is 0.871 bits per heavy atom. The second-order valence-electron chi connectivity index (χ2n) is 8.78. The third-order valence-electron chi connectivity index (χ3n) is 6.49. The number of unbranched alkanes of at least 4 members (excludes halogenated alkanes) is 3. The number of aromatic hydroxyl groups is 1. The van der Waals surface area contributed by atoms with Gasteiger partial charge in [-0.05, 0) is 0 Å². The van der Waals surface area contributed by atoms with Crippen LogP contribution in [0.5, 0.6) is 5.75 Å². The number of phenols is 1. The van der Waals surface area contributed by atoms with Crippen molar-refractivity contribution in [2.45, 2.75) is 72.6 Å². The molecule has 0 spiro atoms. The van der Waals surface area contributed by atoms with E-state index >= 15 is 0 Å². The Bertz CT molecular complexity index is 1020. The summed E-state index contributed by atoms with van der Waals surface area (Å²) in [6, 6.07) is 13.3. The summed E-state index contributed by atoms with van der Waals surface area (Å²) in [5.74, 6) is 0.745. The predicted octanol–water partition coefficient (Wildman–Crippen LogP) is 6.35. The summed E-state index contributed by atoms with van der Waals surface area (Å²) in [5.41, 5.74) is 1.47. The average molecular weight is 527 g/mol. The van der Waals surface area contributed by atoms with Crippen LogP contribution in [0, 0.1) is 0 Å². The number of nitrogens with zero attached hydrogens (tertiary/aromatic N) is 1. The van der Waals surface area contributed by atoms with Gasteiger partial charge in [-0.25, -0.2) is 0 Å². The normalized spacial score (nSPS) is 11.8. The molecular weight excluding hydrogens is 491 g/mol. The van der Waals surface area contributed by atoms with Gasteiger partial charge in [-0.2, -0.15) is 0 Å². The van der Waals surface area contributed by atoms with Crippen molar-refractivity contribution in [2.75, 3.05) is 0 Å². The number of rotatable bonds is 11. The average Bonchev–Trinajstić information content (AvgIpc) is 2.79. The molecule has 5 heteroatoms. The Hall–Kier alpha value is -1.82. The molecular formula is C26H36N2O2Sn. The Balaban J connectivity index is 2.07. The van der Waals surface area contributed by atoms with Gasteiger partial charge in [0.15, 0.2) is 0 Å². The number of hydrogen-bond donors (Lipinski definition) is 2. The van der Waals surface area contributed by atoms with Crippen LogP contribution in [0.3, 0.4) is 0 Å². The zero-order chi connectivity index (χ0) is 22.3. The molecule has 0 aliphatic rings. The first-order chi connectivity index (χ1) is 15.0. The van der Waals surface area contributed by atoms with Crippen LogP contribution >= 0.6 is 0 Å². The first kappa shape index (κ1) is 23.8. The van der Waals surface area contributed by atoms with Gasteiger partial charge < -0.3 is 0 Å². The monoisotopic (exact) mass is 528 g/mol. The van der Waals surface area contributed by atoms with Crippen LogP contribution in [0.4, 0.5) is 0 Å². The molecule has 0 aliphatic carbocycles. The fourth-order valence-corrected chi connectivity index (χ4v) is 20.5. The molecule has 2 N–H and O–H groups in total. The number of benzene rings is 2. The summed E-state index contributed by atoms with van der Waals surface area (Å²) in [5, 5.41) is 10.2. The molecule has 0 radical (unpaired) electrons. The van der Waals surface area contributed by atoms with E-state index in [0.717, 1.165) is 11.1 Å². The molecule has 3 aromatic rings. The van der Waals surface area contributed by atoms with E-state index in [0.29, 0.717) is 11.2 Å². The van der Waals surface area contributed by atoms with E-state index in [1.807, 2.05) is 0 Å². The van der Waals surface area contributed by atoms with Gasteiger partial charge in [0.1, 0.15) is 0 Å². The molecule has 0 saturated heterocycles. The van der Waals surface area contributed by atoms with E-state index in [9.17, 15) is 9.90 Å². The second-order valence-corrected chi connectivity index (χ2v) is 22.0. The molecule has 0 aliphatic heterocycles. The molecule has 166 valence electrons. The van der Waals surface area contributed by atoms with Crippen molar-refractivity contribution in [3.8, 4) is 17.1 Å². The zero-order valence-corrected chi connectivity index (χ0v) is 22.1. The molecule has 2 aromatic carbocycles. The van der Waals surface area contributed by atoms with Gasteiger partial charge in [-0.1, -0.05) is 0 Å². The molecule has 0 amide bonds. The SMILES string of the molecule is CCC[CH2][Sn]([CH2]CCC)([CH2]CCC)[c]1ccc2nc(-c3ccc(O)cc3)[nH]c(=O)c2c1. The summed E-state index contributed by atoms with van der Waals surface area (Å²) < 4.78 is 5.65. The summed E-state index contributed by atoms with van der Waals surface area (Å²) >= 11 is -2.59. The van der Waals surface area contributed by atoms with E-state index in [1.54, 1.807) is 24.3 Å². The summed E-state index contributed by atoms with van der Waals surface area (Å²) in [4.78, 5) is 20.7. The van der Waals surface area contributed by atoms with Crippen LogP contribution in [-0.4, -0.2) is 33.5 Å². The van der Waals surface area contributed by atoms with Crippen molar-refractivity contribution in [3.63, 3.8) is 0 Å². The molecule has 3 rings (SSSR count). The number of aromatic amines is 1. The van der Waals surface area contributed by atoms with Crippen molar-refractivity contribution < 1.29 is 5.11 Å². The van der Waals surface area contributed by atoms with Crippen LogP contribution in [-0.2, 0) is 0 Å². The minimum atomic E-state index is -2.59. The fraction of sp³-hybridized carbons (Fsp3) is 0.462. The van der Waals surface area contributed by atoms with E-state index in [4.69, 9.17) is 4.98 Å². The van der Waals surface area contributed by atoms with E-state index in [-0.39, 0.29) is 11.3 Å². The number of nitrogens with one attached hydrogen (secondary N) is 1. The van der Waals surface area contributed by atoms with Gasteiger partial charge in [0.05, 0.1) is 0 Å². The van der Waals surface area contributed by atoms with Crippen molar-refractivity contribution >= 4 is 32.9 Å². The summed E-state index contributed by atoms with van der Waals surface area (Å²) in [6.45, 7) is 6.86. The quantitative estimate of drug-likeness (QED) is 0.286. The van der Waals surface area contributed by atoms with Crippen molar-refractivity contribution in [1.82, 2.24) is 9.97 Å². The number of H-pyrrole nitrogens is 1. The molecule has 4 nitrogen and oxygen atoms in total. The van der Waals surface area contributed by atoms with Crippen molar-refractivity contribution in [1.29, 1.82) is 0 Å². The molecule has 0 atom stereocenters. The van der Waals surface area contributed by atoms with Gasteiger partial charge in [-0.15, -0.1) is 0 Å². The molecule has 0 bridgehead atoms. The number of hydrogen-bond acceptors (Lipinski definition) is 3. The Labute approximate surface area is 190 Å². The van der Waals surface area contributed by atoms with Gasteiger partial charge in [0.25, 0.3) is 0 Å². The molecule has 0 saturated carbocycles. The Kier molecular flexibility index (Phi) is 8.58. The summed E-state index contributed by atoms with van der Waals surface area (Å²) in [7, 11) is 0. The van der Waals surface area contributed by atoms with Gasteiger partial charge in [-0.3, -0.25) is 0 Å². The van der Waals surface area contributed by atoms with E-state index in [1.165, 1.54) is 55.4 Å². The number of aromatic nitrogens is 2. The maximum absolute atomic E-state index is 13.0. The molecule has 1 aromatic heterocycles. The van der Waals surface area contributed by atoms with Crippen molar-refractivity contribution in [2.24, 2.45) is 0 Å². The molecule has 0 fully saturated rings. The zero-order valence-electron chi connectivity index (χ0n) is 19.2. The fourth-order valence-electron chi connectivity index (χ4n) is 4.58.